The number of aromatic nitrogens is 2. The smallest absolute Gasteiger partial charge is 0.257 e. The molecule has 2 aliphatic heterocycles. The zero-order valence-electron chi connectivity index (χ0n) is 10.6. The second kappa shape index (κ2) is 3.83. The third-order valence-corrected chi connectivity index (χ3v) is 3.91. The Morgan fingerprint density at radius 1 is 1.28 bits per heavy atom. The number of amides is 1. The quantitative estimate of drug-likeness (QED) is 0.750. The molecule has 1 saturated heterocycles. The van der Waals surface area contributed by atoms with Crippen LogP contribution in [0.2, 0.25) is 0 Å². The molecule has 6 nitrogen and oxygen atoms in total. The molecule has 0 aliphatic carbocycles. The molecule has 96 valence electrons. The van der Waals surface area contributed by atoms with E-state index in [9.17, 15) is 4.79 Å². The molecule has 1 amide bonds. The summed E-state index contributed by atoms with van der Waals surface area (Å²) < 4.78 is 0. The fraction of sp³-hybridized carbons (Fsp3) is 0.583. The number of fused-ring (bicyclic) bond motifs is 1. The van der Waals surface area contributed by atoms with Gasteiger partial charge >= 0.3 is 0 Å². The van der Waals surface area contributed by atoms with E-state index in [0.717, 1.165) is 18.8 Å². The van der Waals surface area contributed by atoms with Gasteiger partial charge in [0.1, 0.15) is 11.4 Å². The standard InChI is InChI=1S/C12H17N5O/c1-6-4-17(5-7(6)2)10-9-8(3-14-11(9)18)15-12(13)16-10/h6-7H,3-5H2,1-2H3,(H,14,18)(H2,13,15,16)/t6-,7?/m0/s1. The minimum absolute atomic E-state index is 0.0905. The van der Waals surface area contributed by atoms with E-state index in [1.165, 1.54) is 0 Å². The lowest BCUT2D eigenvalue weighted by atomic mass is 10.0. The van der Waals surface area contributed by atoms with Crippen molar-refractivity contribution in [3.05, 3.63) is 11.3 Å². The minimum atomic E-state index is -0.0905. The van der Waals surface area contributed by atoms with E-state index in [2.05, 4.69) is 34.0 Å². The van der Waals surface area contributed by atoms with E-state index in [0.29, 0.717) is 29.8 Å². The van der Waals surface area contributed by atoms with Crippen LogP contribution in [0.1, 0.15) is 29.9 Å². The first-order valence-electron chi connectivity index (χ1n) is 6.25. The lowest BCUT2D eigenvalue weighted by Crippen LogP contribution is -2.25. The molecule has 0 bridgehead atoms. The Morgan fingerprint density at radius 2 is 1.94 bits per heavy atom. The number of nitrogens with two attached hydrogens (primary N) is 1. The highest BCUT2D eigenvalue weighted by molar-refractivity contribution is 6.02. The van der Waals surface area contributed by atoms with Crippen LogP contribution in [0.3, 0.4) is 0 Å². The van der Waals surface area contributed by atoms with Crippen molar-refractivity contribution in [2.24, 2.45) is 11.8 Å². The lowest BCUT2D eigenvalue weighted by Gasteiger charge is -2.19. The number of anilines is 2. The molecule has 0 radical (unpaired) electrons. The van der Waals surface area contributed by atoms with Gasteiger partial charge in [0.05, 0.1) is 12.2 Å². The molecule has 1 fully saturated rings. The molecule has 3 rings (SSSR count). The van der Waals surface area contributed by atoms with Gasteiger partial charge < -0.3 is 16.0 Å². The fourth-order valence-corrected chi connectivity index (χ4v) is 2.66. The van der Waals surface area contributed by atoms with Gasteiger partial charge in [0.25, 0.3) is 5.91 Å². The molecule has 3 N–H and O–H groups in total. The Hall–Kier alpha value is -1.85. The van der Waals surface area contributed by atoms with E-state index in [1.54, 1.807) is 0 Å². The zero-order valence-corrected chi connectivity index (χ0v) is 10.6. The summed E-state index contributed by atoms with van der Waals surface area (Å²) >= 11 is 0. The SMILES string of the molecule is CC1CN(c2nc(N)nc3c2C(=O)NC3)C[C@@H]1C. The number of nitrogen functional groups attached to an aromatic ring is 1. The second-order valence-corrected chi connectivity index (χ2v) is 5.27. The summed E-state index contributed by atoms with van der Waals surface area (Å²) in [6, 6.07) is 0. The Balaban J connectivity index is 2.05. The van der Waals surface area contributed by atoms with Gasteiger partial charge in [-0.15, -0.1) is 0 Å². The van der Waals surface area contributed by atoms with Crippen LogP contribution in [-0.2, 0) is 6.54 Å². The molecule has 0 spiro atoms. The van der Waals surface area contributed by atoms with Gasteiger partial charge in [-0.05, 0) is 11.8 Å². The van der Waals surface area contributed by atoms with Gasteiger partial charge in [0.2, 0.25) is 5.95 Å². The van der Waals surface area contributed by atoms with E-state index in [1.807, 2.05) is 0 Å². The predicted octanol–water partition coefficient (Wildman–Crippen LogP) is 0.394. The van der Waals surface area contributed by atoms with Gasteiger partial charge in [-0.3, -0.25) is 4.79 Å². The van der Waals surface area contributed by atoms with Crippen molar-refractivity contribution in [1.29, 1.82) is 0 Å². The highest BCUT2D eigenvalue weighted by Gasteiger charge is 2.33. The summed E-state index contributed by atoms with van der Waals surface area (Å²) in [6.45, 7) is 6.71. The predicted molar refractivity (Wildman–Crippen MR) is 68.2 cm³/mol. The Kier molecular flexibility index (Phi) is 2.39. The molecule has 3 heterocycles. The van der Waals surface area contributed by atoms with Crippen LogP contribution in [0.4, 0.5) is 11.8 Å². The maximum atomic E-state index is 11.9. The topological polar surface area (TPSA) is 84.1 Å². The first-order valence-corrected chi connectivity index (χ1v) is 6.25. The van der Waals surface area contributed by atoms with Crippen molar-refractivity contribution < 1.29 is 4.79 Å². The molecule has 1 unspecified atom stereocenters. The number of carbonyl (C=O) groups excluding carboxylic acids is 1. The third-order valence-electron chi connectivity index (χ3n) is 3.91. The molecule has 2 aliphatic rings. The van der Waals surface area contributed by atoms with Crippen LogP contribution >= 0.6 is 0 Å². The van der Waals surface area contributed by atoms with Gasteiger partial charge in [-0.1, -0.05) is 13.8 Å². The highest BCUT2D eigenvalue weighted by atomic mass is 16.2. The van der Waals surface area contributed by atoms with Gasteiger partial charge in [0, 0.05) is 13.1 Å². The van der Waals surface area contributed by atoms with E-state index < -0.39 is 0 Å². The summed E-state index contributed by atoms with van der Waals surface area (Å²) in [4.78, 5) is 22.4. The van der Waals surface area contributed by atoms with Crippen LogP contribution in [0.15, 0.2) is 0 Å². The molecule has 1 aromatic rings. The summed E-state index contributed by atoms with van der Waals surface area (Å²) in [5.74, 6) is 2.05. The number of hydrogen-bond donors (Lipinski definition) is 2. The average Bonchev–Trinajstić information content (AvgIpc) is 2.83. The molecule has 1 aromatic heterocycles. The average molecular weight is 247 g/mol. The minimum Gasteiger partial charge on any atom is -0.368 e. The van der Waals surface area contributed by atoms with E-state index >= 15 is 0 Å². The van der Waals surface area contributed by atoms with Crippen molar-refractivity contribution in [3.63, 3.8) is 0 Å². The lowest BCUT2D eigenvalue weighted by molar-refractivity contribution is 0.0966. The molecular weight excluding hydrogens is 230 g/mol. The number of rotatable bonds is 1. The van der Waals surface area contributed by atoms with Crippen LogP contribution in [-0.4, -0.2) is 29.0 Å². The van der Waals surface area contributed by atoms with Gasteiger partial charge in [-0.25, -0.2) is 4.98 Å². The van der Waals surface area contributed by atoms with Gasteiger partial charge in [0.15, 0.2) is 0 Å². The van der Waals surface area contributed by atoms with Crippen molar-refractivity contribution in [3.8, 4) is 0 Å². The maximum absolute atomic E-state index is 11.9. The summed E-state index contributed by atoms with van der Waals surface area (Å²) in [5, 5.41) is 2.77. The monoisotopic (exact) mass is 247 g/mol. The third kappa shape index (κ3) is 1.60. The summed E-state index contributed by atoms with van der Waals surface area (Å²) in [6.07, 6.45) is 0. The molecule has 6 heteroatoms. The van der Waals surface area contributed by atoms with Crippen LogP contribution in [0, 0.1) is 11.8 Å². The largest absolute Gasteiger partial charge is 0.368 e. The first kappa shape index (κ1) is 11.3. The number of hydrogen-bond acceptors (Lipinski definition) is 5. The molecule has 0 saturated carbocycles. The summed E-state index contributed by atoms with van der Waals surface area (Å²) in [5.41, 5.74) is 7.05. The number of nitrogens with one attached hydrogen (secondary N) is 1. The second-order valence-electron chi connectivity index (χ2n) is 5.27. The normalized spacial score (nSPS) is 26.3. The Morgan fingerprint density at radius 3 is 2.61 bits per heavy atom. The van der Waals surface area contributed by atoms with Crippen molar-refractivity contribution in [2.75, 3.05) is 23.7 Å². The highest BCUT2D eigenvalue weighted by Crippen LogP contribution is 2.31. The van der Waals surface area contributed by atoms with E-state index in [-0.39, 0.29) is 11.9 Å². The maximum Gasteiger partial charge on any atom is 0.257 e. The fourth-order valence-electron chi connectivity index (χ4n) is 2.66. The Bertz CT molecular complexity index is 505. The van der Waals surface area contributed by atoms with Crippen LogP contribution in [0.5, 0.6) is 0 Å². The van der Waals surface area contributed by atoms with Crippen molar-refractivity contribution >= 4 is 17.7 Å². The first-order chi connectivity index (χ1) is 8.56. The summed E-state index contributed by atoms with van der Waals surface area (Å²) in [7, 11) is 0. The molecule has 0 aromatic carbocycles. The molecule has 18 heavy (non-hydrogen) atoms. The molecular formula is C12H17N5O. The van der Waals surface area contributed by atoms with Crippen molar-refractivity contribution in [1.82, 2.24) is 15.3 Å². The zero-order chi connectivity index (χ0) is 12.9. The van der Waals surface area contributed by atoms with Gasteiger partial charge in [-0.2, -0.15) is 4.98 Å². The van der Waals surface area contributed by atoms with Crippen molar-refractivity contribution in [2.45, 2.75) is 20.4 Å². The molecule has 2 atom stereocenters. The Labute approximate surface area is 106 Å². The number of carbonyl (C=O) groups is 1. The van der Waals surface area contributed by atoms with Crippen LogP contribution in [0.25, 0.3) is 0 Å². The number of nitrogens with zero attached hydrogens (tertiary/aromatic N) is 3. The van der Waals surface area contributed by atoms with Crippen LogP contribution < -0.4 is 16.0 Å². The van der Waals surface area contributed by atoms with E-state index in [4.69, 9.17) is 5.73 Å².